The second-order valence-corrected chi connectivity index (χ2v) is 4.10. The van der Waals surface area contributed by atoms with Crippen LogP contribution in [0.2, 0.25) is 0 Å². The number of nitrogens with one attached hydrogen (secondary N) is 1. The maximum absolute atomic E-state index is 13.2. The van der Waals surface area contributed by atoms with Crippen LogP contribution in [0.15, 0.2) is 22.6 Å². The molecule has 18 heavy (non-hydrogen) atoms. The minimum Gasteiger partial charge on any atom is -0.383 e. The predicted molar refractivity (Wildman–Crippen MR) is 64.1 cm³/mol. The van der Waals surface area contributed by atoms with Crippen molar-refractivity contribution in [1.82, 2.24) is 4.98 Å². The topological polar surface area (TPSA) is 63.3 Å². The second kappa shape index (κ2) is 5.05. The number of benzene rings is 1. The van der Waals surface area contributed by atoms with Crippen LogP contribution in [0.25, 0.3) is 0 Å². The Hall–Kier alpha value is -2.09. The monoisotopic (exact) mass is 272 g/mol. The lowest BCUT2D eigenvalue weighted by atomic mass is 10.2. The molecule has 0 fully saturated rings. The third-order valence-corrected chi connectivity index (χ3v) is 2.67. The molecule has 0 saturated carbocycles. The summed E-state index contributed by atoms with van der Waals surface area (Å²) in [5.74, 6) is -3.00. The van der Waals surface area contributed by atoms with Gasteiger partial charge in [0.2, 0.25) is 5.13 Å². The van der Waals surface area contributed by atoms with Crippen molar-refractivity contribution in [2.45, 2.75) is 0 Å². The molecule has 0 saturated heterocycles. The number of nitrogens with zero attached hydrogens (tertiary/aromatic N) is 2. The molecule has 2 rings (SSSR count). The Morgan fingerprint density at radius 2 is 2.11 bits per heavy atom. The van der Waals surface area contributed by atoms with E-state index in [1.165, 1.54) is 11.3 Å². The van der Waals surface area contributed by atoms with E-state index in [-0.39, 0.29) is 5.56 Å². The van der Waals surface area contributed by atoms with Crippen LogP contribution in [0.5, 0.6) is 0 Å². The van der Waals surface area contributed by atoms with E-state index >= 15 is 0 Å². The van der Waals surface area contributed by atoms with Gasteiger partial charge in [-0.05, 0) is 6.07 Å². The summed E-state index contributed by atoms with van der Waals surface area (Å²) >= 11 is 1.19. The number of hydrogen-bond acceptors (Lipinski definition) is 5. The maximum Gasteiger partial charge on any atom is 0.205 e. The Labute approximate surface area is 104 Å². The molecule has 0 radical (unpaired) electrons. The van der Waals surface area contributed by atoms with E-state index in [9.17, 15) is 13.2 Å². The Morgan fingerprint density at radius 1 is 1.33 bits per heavy atom. The Bertz CT molecular complexity index is 597. The molecule has 0 aliphatic heterocycles. The normalized spacial score (nSPS) is 11.1. The molecular weight excluding hydrogens is 265 g/mol. The summed E-state index contributed by atoms with van der Waals surface area (Å²) in [5.41, 5.74) is 7.54. The van der Waals surface area contributed by atoms with Gasteiger partial charge in [0, 0.05) is 17.0 Å². The largest absolute Gasteiger partial charge is 0.383 e. The van der Waals surface area contributed by atoms with Gasteiger partial charge in [-0.25, -0.2) is 18.2 Å². The lowest BCUT2D eigenvalue weighted by Gasteiger charge is -1.98. The van der Waals surface area contributed by atoms with Gasteiger partial charge in [-0.3, -0.25) is 5.43 Å². The third-order valence-electron chi connectivity index (χ3n) is 1.91. The number of nitrogens with two attached hydrogens (primary N) is 1. The summed E-state index contributed by atoms with van der Waals surface area (Å²) in [6.45, 7) is 0. The SMILES string of the molecule is Nc1csc(NN=Cc2cc(F)cc(F)c2F)n1. The molecule has 8 heteroatoms. The first kappa shape index (κ1) is 12.4. The Balaban J connectivity index is 2.14. The number of rotatable bonds is 3. The lowest BCUT2D eigenvalue weighted by Crippen LogP contribution is -1.97. The molecule has 0 unspecified atom stereocenters. The summed E-state index contributed by atoms with van der Waals surface area (Å²) in [6, 6.07) is 1.29. The number of anilines is 2. The van der Waals surface area contributed by atoms with Crippen molar-refractivity contribution in [1.29, 1.82) is 0 Å². The van der Waals surface area contributed by atoms with E-state index in [0.717, 1.165) is 12.3 Å². The van der Waals surface area contributed by atoms with Gasteiger partial charge in [-0.15, -0.1) is 11.3 Å². The molecule has 1 heterocycles. The standard InChI is InChI=1S/C10H7F3N4S/c11-6-1-5(9(13)7(12)2-6)3-15-17-10-16-8(14)4-18-10/h1-4H,14H2,(H,16,17). The quantitative estimate of drug-likeness (QED) is 0.513. The van der Waals surface area contributed by atoms with Gasteiger partial charge in [0.15, 0.2) is 11.6 Å². The van der Waals surface area contributed by atoms with Crippen molar-refractivity contribution < 1.29 is 13.2 Å². The molecule has 0 atom stereocenters. The number of aromatic nitrogens is 1. The van der Waals surface area contributed by atoms with Crippen LogP contribution in [0.4, 0.5) is 24.1 Å². The number of hydrazone groups is 1. The van der Waals surface area contributed by atoms with Crippen LogP contribution in [0.3, 0.4) is 0 Å². The predicted octanol–water partition coefficient (Wildman–Crippen LogP) is 2.59. The van der Waals surface area contributed by atoms with Gasteiger partial charge in [0.25, 0.3) is 0 Å². The zero-order valence-corrected chi connectivity index (χ0v) is 9.64. The third kappa shape index (κ3) is 2.77. The minimum absolute atomic E-state index is 0.301. The van der Waals surface area contributed by atoms with Crippen LogP contribution < -0.4 is 11.2 Å². The maximum atomic E-state index is 13.2. The molecule has 1 aromatic heterocycles. The van der Waals surface area contributed by atoms with Gasteiger partial charge < -0.3 is 5.73 Å². The summed E-state index contributed by atoms with van der Waals surface area (Å²) in [7, 11) is 0. The van der Waals surface area contributed by atoms with Crippen molar-refractivity contribution in [3.8, 4) is 0 Å². The molecule has 3 N–H and O–H groups in total. The Morgan fingerprint density at radius 3 is 2.78 bits per heavy atom. The Kier molecular flexibility index (Phi) is 3.47. The highest BCUT2D eigenvalue weighted by atomic mass is 32.1. The highest BCUT2D eigenvalue weighted by Crippen LogP contribution is 2.16. The van der Waals surface area contributed by atoms with E-state index < -0.39 is 17.5 Å². The van der Waals surface area contributed by atoms with Crippen LogP contribution >= 0.6 is 11.3 Å². The van der Waals surface area contributed by atoms with Crippen molar-refractivity contribution in [3.05, 3.63) is 40.5 Å². The first-order valence-electron chi connectivity index (χ1n) is 4.71. The average Bonchev–Trinajstić information content (AvgIpc) is 2.71. The van der Waals surface area contributed by atoms with Crippen LogP contribution in [-0.2, 0) is 0 Å². The van der Waals surface area contributed by atoms with Gasteiger partial charge >= 0.3 is 0 Å². The molecule has 0 spiro atoms. The van der Waals surface area contributed by atoms with Crippen molar-refractivity contribution in [2.24, 2.45) is 5.10 Å². The zero-order valence-electron chi connectivity index (χ0n) is 8.82. The second-order valence-electron chi connectivity index (χ2n) is 3.24. The molecule has 0 bridgehead atoms. The zero-order chi connectivity index (χ0) is 13.1. The van der Waals surface area contributed by atoms with Crippen molar-refractivity contribution in [2.75, 3.05) is 11.2 Å². The van der Waals surface area contributed by atoms with E-state index in [1.54, 1.807) is 5.38 Å². The van der Waals surface area contributed by atoms with Crippen LogP contribution in [-0.4, -0.2) is 11.2 Å². The smallest absolute Gasteiger partial charge is 0.205 e. The average molecular weight is 272 g/mol. The summed E-state index contributed by atoms with van der Waals surface area (Å²) in [4.78, 5) is 3.83. The lowest BCUT2D eigenvalue weighted by molar-refractivity contribution is 0.494. The van der Waals surface area contributed by atoms with E-state index in [4.69, 9.17) is 5.73 Å². The fourth-order valence-electron chi connectivity index (χ4n) is 1.16. The molecular formula is C10H7F3N4S. The molecule has 0 aliphatic carbocycles. The van der Waals surface area contributed by atoms with E-state index in [2.05, 4.69) is 15.5 Å². The number of thiazole rings is 1. The minimum atomic E-state index is -1.27. The van der Waals surface area contributed by atoms with Crippen LogP contribution in [0, 0.1) is 17.5 Å². The molecule has 1 aromatic carbocycles. The molecule has 94 valence electrons. The molecule has 0 aliphatic rings. The fraction of sp³-hybridized carbons (Fsp3) is 0. The van der Waals surface area contributed by atoms with Gasteiger partial charge in [0.1, 0.15) is 11.6 Å². The van der Waals surface area contributed by atoms with Gasteiger partial charge in [-0.2, -0.15) is 5.10 Å². The van der Waals surface area contributed by atoms with Crippen molar-refractivity contribution >= 4 is 28.5 Å². The number of nitrogen functional groups attached to an aromatic ring is 1. The first-order chi connectivity index (χ1) is 8.56. The molecule has 0 amide bonds. The summed E-state index contributed by atoms with van der Waals surface area (Å²) in [5, 5.41) is 5.59. The number of halogens is 3. The number of hydrogen-bond donors (Lipinski definition) is 2. The van der Waals surface area contributed by atoms with Gasteiger partial charge in [0.05, 0.1) is 6.21 Å². The van der Waals surface area contributed by atoms with E-state index in [1.807, 2.05) is 0 Å². The van der Waals surface area contributed by atoms with E-state index in [0.29, 0.717) is 17.0 Å². The highest BCUT2D eigenvalue weighted by molar-refractivity contribution is 7.14. The van der Waals surface area contributed by atoms with Gasteiger partial charge in [-0.1, -0.05) is 0 Å². The first-order valence-corrected chi connectivity index (χ1v) is 5.59. The molecule has 2 aromatic rings. The van der Waals surface area contributed by atoms with Crippen LogP contribution in [0.1, 0.15) is 5.56 Å². The van der Waals surface area contributed by atoms with Crippen molar-refractivity contribution in [3.63, 3.8) is 0 Å². The highest BCUT2D eigenvalue weighted by Gasteiger charge is 2.09. The molecule has 4 nitrogen and oxygen atoms in total. The summed E-state index contributed by atoms with van der Waals surface area (Å²) < 4.78 is 38.9. The fourth-order valence-corrected chi connectivity index (χ4v) is 1.71. The summed E-state index contributed by atoms with van der Waals surface area (Å²) in [6.07, 6.45) is 0.957.